The molecule has 0 heterocycles. The summed E-state index contributed by atoms with van der Waals surface area (Å²) < 4.78 is 0. The monoisotopic (exact) mass is 229 g/mol. The van der Waals surface area contributed by atoms with Gasteiger partial charge in [-0.25, -0.2) is 0 Å². The maximum atomic E-state index is 9.38. The second kappa shape index (κ2) is 5.21. The van der Waals surface area contributed by atoms with Crippen molar-refractivity contribution in [2.24, 2.45) is 0 Å². The van der Waals surface area contributed by atoms with Gasteiger partial charge in [0.05, 0.1) is 18.6 Å². The highest BCUT2D eigenvalue weighted by Crippen LogP contribution is 2.22. The van der Waals surface area contributed by atoms with Gasteiger partial charge in [-0.05, 0) is 17.7 Å². The van der Waals surface area contributed by atoms with Crippen molar-refractivity contribution in [1.29, 1.82) is 5.26 Å². The smallest absolute Gasteiger partial charge is 0.0710 e. The molecule has 0 aliphatic heterocycles. The molecule has 0 fully saturated rings. The molecule has 14 heavy (non-hydrogen) atoms. The van der Waals surface area contributed by atoms with Crippen molar-refractivity contribution in [2.75, 3.05) is 0 Å². The molecular weight excluding hydrogens is 221 g/mol. The van der Waals surface area contributed by atoms with Gasteiger partial charge in [0, 0.05) is 16.5 Å². The summed E-state index contributed by atoms with van der Waals surface area (Å²) in [4.78, 5) is 0. The van der Waals surface area contributed by atoms with Gasteiger partial charge >= 0.3 is 0 Å². The zero-order valence-corrected chi connectivity index (χ0v) is 8.89. The quantitative estimate of drug-likeness (QED) is 0.867. The second-order valence-corrected chi connectivity index (χ2v) is 3.80. The Morgan fingerprint density at radius 3 is 2.71 bits per heavy atom. The van der Waals surface area contributed by atoms with Crippen LogP contribution in [0.3, 0.4) is 0 Å². The number of hydrogen-bond donors (Lipinski definition) is 1. The van der Waals surface area contributed by atoms with Crippen LogP contribution >= 0.6 is 23.2 Å². The van der Waals surface area contributed by atoms with Crippen molar-refractivity contribution in [1.82, 2.24) is 0 Å². The molecule has 0 saturated carbocycles. The van der Waals surface area contributed by atoms with Crippen LogP contribution in [0, 0.1) is 11.3 Å². The molecule has 2 nitrogen and oxygen atoms in total. The fourth-order valence-corrected chi connectivity index (χ4v) is 1.60. The summed E-state index contributed by atoms with van der Waals surface area (Å²) in [6.07, 6.45) is -0.179. The predicted octanol–water partition coefficient (Wildman–Crippen LogP) is 2.81. The molecule has 0 amide bonds. The fourth-order valence-electron chi connectivity index (χ4n) is 1.12. The molecule has 1 aromatic carbocycles. The number of aliphatic hydroxyl groups excluding tert-OH is 1. The maximum absolute atomic E-state index is 9.38. The number of rotatable bonds is 3. The van der Waals surface area contributed by atoms with E-state index in [4.69, 9.17) is 28.5 Å². The zero-order chi connectivity index (χ0) is 10.6. The Labute approximate surface area is 92.7 Å². The third-order valence-electron chi connectivity index (χ3n) is 1.80. The molecule has 0 bridgehead atoms. The van der Waals surface area contributed by atoms with Crippen molar-refractivity contribution < 1.29 is 5.11 Å². The Hall–Kier alpha value is -0.750. The molecule has 1 N–H and O–H groups in total. The summed E-state index contributed by atoms with van der Waals surface area (Å²) in [5, 5.41) is 18.8. The van der Waals surface area contributed by atoms with E-state index < -0.39 is 6.10 Å². The van der Waals surface area contributed by atoms with E-state index in [1.807, 2.05) is 6.07 Å². The molecule has 0 spiro atoms. The number of benzene rings is 1. The van der Waals surface area contributed by atoms with Crippen LogP contribution in [0.25, 0.3) is 0 Å². The number of nitriles is 1. The van der Waals surface area contributed by atoms with Crippen molar-refractivity contribution in [3.63, 3.8) is 0 Å². The van der Waals surface area contributed by atoms with Crippen molar-refractivity contribution in [3.05, 3.63) is 33.8 Å². The van der Waals surface area contributed by atoms with Gasteiger partial charge in [-0.2, -0.15) is 5.26 Å². The van der Waals surface area contributed by atoms with Crippen molar-refractivity contribution in [3.8, 4) is 6.07 Å². The lowest BCUT2D eigenvalue weighted by atomic mass is 10.1. The lowest BCUT2D eigenvalue weighted by molar-refractivity contribution is 0.180. The van der Waals surface area contributed by atoms with Gasteiger partial charge in [0.1, 0.15) is 0 Å². The van der Waals surface area contributed by atoms with E-state index >= 15 is 0 Å². The van der Waals surface area contributed by atoms with Gasteiger partial charge in [-0.1, -0.05) is 29.3 Å². The molecule has 74 valence electrons. The Morgan fingerprint density at radius 2 is 2.14 bits per heavy atom. The number of hydrogen-bond acceptors (Lipinski definition) is 2. The lowest BCUT2D eigenvalue weighted by Crippen LogP contribution is -2.09. The van der Waals surface area contributed by atoms with Gasteiger partial charge in [-0.3, -0.25) is 0 Å². The molecule has 0 aliphatic carbocycles. The zero-order valence-electron chi connectivity index (χ0n) is 7.37. The average Bonchev–Trinajstić information content (AvgIpc) is 2.10. The van der Waals surface area contributed by atoms with E-state index in [1.54, 1.807) is 18.2 Å². The van der Waals surface area contributed by atoms with Gasteiger partial charge in [-0.15, -0.1) is 0 Å². The van der Waals surface area contributed by atoms with Gasteiger partial charge in [0.15, 0.2) is 0 Å². The van der Waals surface area contributed by atoms with Crippen LogP contribution in [0.5, 0.6) is 0 Å². The second-order valence-electron chi connectivity index (χ2n) is 2.96. The Kier molecular flexibility index (Phi) is 4.21. The van der Waals surface area contributed by atoms with Gasteiger partial charge < -0.3 is 5.11 Å². The highest BCUT2D eigenvalue weighted by Gasteiger charge is 2.08. The first-order valence-corrected chi connectivity index (χ1v) is 4.88. The largest absolute Gasteiger partial charge is 0.392 e. The summed E-state index contributed by atoms with van der Waals surface area (Å²) in [5.41, 5.74) is 0.804. The number of nitrogens with zero attached hydrogens (tertiary/aromatic N) is 1. The van der Waals surface area contributed by atoms with Crippen LogP contribution < -0.4 is 0 Å². The molecule has 4 heteroatoms. The molecule has 1 unspecified atom stereocenters. The Balaban J connectivity index is 2.73. The standard InChI is InChI=1S/C10H9Cl2NO/c11-8-2-1-7(10(12)6-8)5-9(14)3-4-13/h1-2,6,9,14H,3,5H2. The molecule has 0 radical (unpaired) electrons. The molecule has 0 aromatic heterocycles. The first-order valence-electron chi connectivity index (χ1n) is 4.12. The van der Waals surface area contributed by atoms with Crippen molar-refractivity contribution in [2.45, 2.75) is 18.9 Å². The first-order chi connectivity index (χ1) is 6.63. The summed E-state index contributed by atoms with van der Waals surface area (Å²) >= 11 is 11.6. The lowest BCUT2D eigenvalue weighted by Gasteiger charge is -2.08. The third-order valence-corrected chi connectivity index (χ3v) is 2.38. The summed E-state index contributed by atoms with van der Waals surface area (Å²) in [6.45, 7) is 0. The van der Waals surface area contributed by atoms with Crippen LogP contribution in [-0.4, -0.2) is 11.2 Å². The summed E-state index contributed by atoms with van der Waals surface area (Å²) in [6, 6.07) is 6.99. The Bertz CT molecular complexity index is 360. The van der Waals surface area contributed by atoms with Crippen molar-refractivity contribution >= 4 is 23.2 Å². The predicted molar refractivity (Wildman–Crippen MR) is 56.4 cm³/mol. The minimum atomic E-state index is -0.668. The summed E-state index contributed by atoms with van der Waals surface area (Å²) in [5.74, 6) is 0. The van der Waals surface area contributed by atoms with Crippen LogP contribution in [0.2, 0.25) is 10.0 Å². The maximum Gasteiger partial charge on any atom is 0.0710 e. The Morgan fingerprint density at radius 1 is 1.43 bits per heavy atom. The van der Waals surface area contributed by atoms with Crippen LogP contribution in [0.4, 0.5) is 0 Å². The third kappa shape index (κ3) is 3.19. The SMILES string of the molecule is N#CCC(O)Cc1ccc(Cl)cc1Cl. The van der Waals surface area contributed by atoms with E-state index in [2.05, 4.69) is 0 Å². The van der Waals surface area contributed by atoms with E-state index in [-0.39, 0.29) is 6.42 Å². The minimum Gasteiger partial charge on any atom is -0.392 e. The van der Waals surface area contributed by atoms with E-state index in [9.17, 15) is 5.11 Å². The van der Waals surface area contributed by atoms with Crippen LogP contribution in [-0.2, 0) is 6.42 Å². The van der Waals surface area contributed by atoms with Gasteiger partial charge in [0.2, 0.25) is 0 Å². The topological polar surface area (TPSA) is 44.0 Å². The summed E-state index contributed by atoms with van der Waals surface area (Å²) in [7, 11) is 0. The molecule has 0 aliphatic rings. The molecule has 1 rings (SSSR count). The fraction of sp³-hybridized carbons (Fsp3) is 0.300. The molecule has 1 atom stereocenters. The highest BCUT2D eigenvalue weighted by molar-refractivity contribution is 6.35. The van der Waals surface area contributed by atoms with E-state index in [0.29, 0.717) is 16.5 Å². The average molecular weight is 230 g/mol. The minimum absolute atomic E-state index is 0.110. The van der Waals surface area contributed by atoms with Gasteiger partial charge in [0.25, 0.3) is 0 Å². The highest BCUT2D eigenvalue weighted by atomic mass is 35.5. The number of aliphatic hydroxyl groups is 1. The van der Waals surface area contributed by atoms with Crippen LogP contribution in [0.1, 0.15) is 12.0 Å². The number of halogens is 2. The normalized spacial score (nSPS) is 12.1. The molecular formula is C10H9Cl2NO. The first kappa shape index (κ1) is 11.3. The van der Waals surface area contributed by atoms with E-state index in [1.165, 1.54) is 0 Å². The van der Waals surface area contributed by atoms with E-state index in [0.717, 1.165) is 5.56 Å². The molecule has 0 saturated heterocycles. The van der Waals surface area contributed by atoms with Crippen LogP contribution in [0.15, 0.2) is 18.2 Å². The molecule has 1 aromatic rings.